The molecule has 0 saturated carbocycles. The minimum absolute atomic E-state index is 0.0192. The molecule has 1 saturated heterocycles. The topological polar surface area (TPSA) is 43.8 Å². The smallest absolute Gasteiger partial charge is 0.253 e. The van der Waals surface area contributed by atoms with E-state index in [4.69, 9.17) is 0 Å². The molecule has 1 atom stereocenters. The Hall–Kier alpha value is -2.24. The first-order valence-electron chi connectivity index (χ1n) is 8.05. The summed E-state index contributed by atoms with van der Waals surface area (Å²) >= 11 is 0. The molecule has 24 heavy (non-hydrogen) atoms. The molecule has 0 aromatic heterocycles. The van der Waals surface area contributed by atoms with E-state index in [-0.39, 0.29) is 24.4 Å². The summed E-state index contributed by atoms with van der Waals surface area (Å²) in [6.07, 6.45) is 0. The number of aliphatic hydroxyl groups is 1. The van der Waals surface area contributed by atoms with Gasteiger partial charge in [-0.25, -0.2) is 4.39 Å². The van der Waals surface area contributed by atoms with E-state index < -0.39 is 0 Å². The van der Waals surface area contributed by atoms with E-state index in [0.717, 1.165) is 17.7 Å². The SMILES string of the molecule is CN1CCN(C(=O)c2ccc(-c3cccc(F)c3)cc2)C[C@@H]1CO. The number of amides is 1. The highest BCUT2D eigenvalue weighted by Gasteiger charge is 2.27. The molecule has 0 aliphatic carbocycles. The molecule has 1 N–H and O–H groups in total. The number of hydrogen-bond donors (Lipinski definition) is 1. The van der Waals surface area contributed by atoms with Gasteiger partial charge in [-0.05, 0) is 42.4 Å². The van der Waals surface area contributed by atoms with Gasteiger partial charge >= 0.3 is 0 Å². The molecule has 0 spiro atoms. The first kappa shape index (κ1) is 16.6. The maximum Gasteiger partial charge on any atom is 0.253 e. The summed E-state index contributed by atoms with van der Waals surface area (Å²) in [5.74, 6) is -0.313. The van der Waals surface area contributed by atoms with Crippen LogP contribution in [0.2, 0.25) is 0 Å². The lowest BCUT2D eigenvalue weighted by Gasteiger charge is -2.38. The van der Waals surface area contributed by atoms with E-state index in [1.54, 1.807) is 23.1 Å². The van der Waals surface area contributed by atoms with Gasteiger partial charge in [-0.15, -0.1) is 0 Å². The lowest BCUT2D eigenvalue weighted by atomic mass is 10.0. The van der Waals surface area contributed by atoms with Crippen molar-refractivity contribution < 1.29 is 14.3 Å². The van der Waals surface area contributed by atoms with E-state index in [2.05, 4.69) is 4.90 Å². The van der Waals surface area contributed by atoms with Crippen molar-refractivity contribution in [2.24, 2.45) is 0 Å². The number of hydrogen-bond acceptors (Lipinski definition) is 3. The van der Waals surface area contributed by atoms with Crippen molar-refractivity contribution in [3.05, 3.63) is 59.9 Å². The summed E-state index contributed by atoms with van der Waals surface area (Å²) in [4.78, 5) is 16.5. The van der Waals surface area contributed by atoms with Crippen LogP contribution < -0.4 is 0 Å². The van der Waals surface area contributed by atoms with Crippen LogP contribution in [-0.2, 0) is 0 Å². The molecule has 0 unspecified atom stereocenters. The monoisotopic (exact) mass is 328 g/mol. The summed E-state index contributed by atoms with van der Waals surface area (Å²) in [5.41, 5.74) is 2.27. The third-order valence-corrected chi connectivity index (χ3v) is 4.56. The number of carbonyl (C=O) groups excluding carboxylic acids is 1. The average molecular weight is 328 g/mol. The van der Waals surface area contributed by atoms with Crippen LogP contribution in [0.5, 0.6) is 0 Å². The molecule has 1 amide bonds. The van der Waals surface area contributed by atoms with E-state index in [9.17, 15) is 14.3 Å². The Labute approximate surface area is 141 Å². The molecule has 1 aliphatic heterocycles. The zero-order valence-corrected chi connectivity index (χ0v) is 13.7. The Kier molecular flexibility index (Phi) is 4.92. The number of carbonyl (C=O) groups is 1. The molecule has 2 aromatic carbocycles. The number of benzene rings is 2. The molecule has 1 fully saturated rings. The third kappa shape index (κ3) is 3.47. The average Bonchev–Trinajstić information content (AvgIpc) is 2.62. The van der Waals surface area contributed by atoms with Crippen molar-refractivity contribution in [3.8, 4) is 11.1 Å². The molecule has 0 radical (unpaired) electrons. The molecule has 126 valence electrons. The standard InChI is InChI=1S/C19H21FN2O2/c1-21-9-10-22(12-18(21)13-23)19(24)15-7-5-14(6-8-15)16-3-2-4-17(20)11-16/h2-8,11,18,23H,9-10,12-13H2,1H3/t18-/m1/s1. The lowest BCUT2D eigenvalue weighted by molar-refractivity contribution is 0.0421. The minimum Gasteiger partial charge on any atom is -0.395 e. The number of aliphatic hydroxyl groups excluding tert-OH is 1. The minimum atomic E-state index is -0.278. The Bertz CT molecular complexity index is 718. The summed E-state index contributed by atoms with van der Waals surface area (Å²) in [6, 6.07) is 13.6. The highest BCUT2D eigenvalue weighted by atomic mass is 19.1. The number of halogens is 1. The van der Waals surface area contributed by atoms with Gasteiger partial charge in [-0.2, -0.15) is 0 Å². The zero-order valence-electron chi connectivity index (χ0n) is 13.7. The first-order chi connectivity index (χ1) is 11.6. The molecule has 1 aliphatic rings. The van der Waals surface area contributed by atoms with Crippen molar-refractivity contribution in [1.82, 2.24) is 9.80 Å². The highest BCUT2D eigenvalue weighted by molar-refractivity contribution is 5.94. The summed E-state index contributed by atoms with van der Waals surface area (Å²) in [5, 5.41) is 9.41. The van der Waals surface area contributed by atoms with Crippen molar-refractivity contribution in [3.63, 3.8) is 0 Å². The van der Waals surface area contributed by atoms with Crippen LogP contribution in [0, 0.1) is 5.82 Å². The van der Waals surface area contributed by atoms with E-state index in [1.165, 1.54) is 12.1 Å². The Morgan fingerprint density at radius 3 is 2.58 bits per heavy atom. The van der Waals surface area contributed by atoms with Crippen molar-refractivity contribution >= 4 is 5.91 Å². The molecular weight excluding hydrogens is 307 g/mol. The Morgan fingerprint density at radius 1 is 1.17 bits per heavy atom. The van der Waals surface area contributed by atoms with Gasteiger partial charge in [0, 0.05) is 25.2 Å². The number of nitrogens with zero attached hydrogens (tertiary/aromatic N) is 2. The summed E-state index contributed by atoms with van der Waals surface area (Å²) in [7, 11) is 1.95. The fraction of sp³-hybridized carbons (Fsp3) is 0.316. The van der Waals surface area contributed by atoms with E-state index in [1.807, 2.05) is 25.2 Å². The van der Waals surface area contributed by atoms with Crippen LogP contribution in [0.1, 0.15) is 10.4 Å². The molecular formula is C19H21FN2O2. The van der Waals surface area contributed by atoms with Crippen molar-refractivity contribution in [2.45, 2.75) is 6.04 Å². The molecule has 3 rings (SSSR count). The third-order valence-electron chi connectivity index (χ3n) is 4.56. The van der Waals surface area contributed by atoms with Crippen LogP contribution in [0.3, 0.4) is 0 Å². The van der Waals surface area contributed by atoms with Crippen molar-refractivity contribution in [1.29, 1.82) is 0 Å². The van der Waals surface area contributed by atoms with Crippen LogP contribution in [0.25, 0.3) is 11.1 Å². The second-order valence-electron chi connectivity index (χ2n) is 6.16. The maximum absolute atomic E-state index is 13.3. The fourth-order valence-electron chi connectivity index (χ4n) is 2.98. The number of rotatable bonds is 3. The zero-order chi connectivity index (χ0) is 17.1. The van der Waals surface area contributed by atoms with E-state index in [0.29, 0.717) is 18.7 Å². The molecule has 2 aromatic rings. The van der Waals surface area contributed by atoms with Gasteiger partial charge < -0.3 is 10.0 Å². The molecule has 5 heteroatoms. The first-order valence-corrected chi connectivity index (χ1v) is 8.05. The molecule has 0 bridgehead atoms. The largest absolute Gasteiger partial charge is 0.395 e. The quantitative estimate of drug-likeness (QED) is 0.940. The summed E-state index contributed by atoms with van der Waals surface area (Å²) < 4.78 is 13.3. The van der Waals surface area contributed by atoms with Gasteiger partial charge in [-0.1, -0.05) is 24.3 Å². The molecule has 1 heterocycles. The summed E-state index contributed by atoms with van der Waals surface area (Å²) in [6.45, 7) is 1.96. The number of piperazine rings is 1. The second kappa shape index (κ2) is 7.11. The van der Waals surface area contributed by atoms with Gasteiger partial charge in [0.25, 0.3) is 5.91 Å². The predicted molar refractivity (Wildman–Crippen MR) is 91.2 cm³/mol. The van der Waals surface area contributed by atoms with Crippen LogP contribution in [0.4, 0.5) is 4.39 Å². The number of likely N-dealkylation sites (N-methyl/N-ethyl adjacent to an activating group) is 1. The predicted octanol–water partition coefficient (Wildman–Crippen LogP) is 2.24. The van der Waals surface area contributed by atoms with Gasteiger partial charge in [-0.3, -0.25) is 9.69 Å². The molecule has 4 nitrogen and oxygen atoms in total. The normalized spacial score (nSPS) is 18.6. The Balaban J connectivity index is 1.74. The van der Waals surface area contributed by atoms with Crippen molar-refractivity contribution in [2.75, 3.05) is 33.3 Å². The van der Waals surface area contributed by atoms with Gasteiger partial charge in [0.1, 0.15) is 5.82 Å². The lowest BCUT2D eigenvalue weighted by Crippen LogP contribution is -2.54. The second-order valence-corrected chi connectivity index (χ2v) is 6.16. The van der Waals surface area contributed by atoms with Crippen LogP contribution >= 0.6 is 0 Å². The van der Waals surface area contributed by atoms with Gasteiger partial charge in [0.2, 0.25) is 0 Å². The maximum atomic E-state index is 13.3. The van der Waals surface area contributed by atoms with Gasteiger partial charge in [0.05, 0.1) is 12.6 Å². The fourth-order valence-corrected chi connectivity index (χ4v) is 2.98. The Morgan fingerprint density at radius 2 is 1.92 bits per heavy atom. The van der Waals surface area contributed by atoms with Gasteiger partial charge in [0.15, 0.2) is 0 Å². The van der Waals surface area contributed by atoms with Crippen LogP contribution in [0.15, 0.2) is 48.5 Å². The van der Waals surface area contributed by atoms with Crippen LogP contribution in [-0.4, -0.2) is 60.1 Å². The van der Waals surface area contributed by atoms with E-state index >= 15 is 0 Å². The highest BCUT2D eigenvalue weighted by Crippen LogP contribution is 2.21.